The fourth-order valence-corrected chi connectivity index (χ4v) is 4.04. The maximum atomic E-state index is 6.31. The van der Waals surface area contributed by atoms with Crippen LogP contribution in [0.3, 0.4) is 0 Å². The van der Waals surface area contributed by atoms with Gasteiger partial charge in [-0.05, 0) is 12.8 Å². The van der Waals surface area contributed by atoms with Gasteiger partial charge in [0.1, 0.15) is 0 Å². The molecule has 3 atom stereocenters. The monoisotopic (exact) mass is 236 g/mol. The van der Waals surface area contributed by atoms with E-state index >= 15 is 0 Å². The van der Waals surface area contributed by atoms with Crippen molar-refractivity contribution in [2.45, 2.75) is 52.2 Å². The molecule has 14 heavy (non-hydrogen) atoms. The van der Waals surface area contributed by atoms with Crippen molar-refractivity contribution in [2.75, 3.05) is 6.61 Å². The highest BCUT2D eigenvalue weighted by Gasteiger charge is 2.43. The molecule has 0 aromatic rings. The van der Waals surface area contributed by atoms with Gasteiger partial charge in [0, 0.05) is 18.6 Å². The normalized spacial score (nSPS) is 38.6. The van der Waals surface area contributed by atoms with Gasteiger partial charge in [0.2, 0.25) is 0 Å². The summed E-state index contributed by atoms with van der Waals surface area (Å²) in [4.78, 5) is 0. The van der Waals surface area contributed by atoms with E-state index in [-0.39, 0.29) is 0 Å². The summed E-state index contributed by atoms with van der Waals surface area (Å²) < 4.78 is 11.6. The maximum absolute atomic E-state index is 6.31. The van der Waals surface area contributed by atoms with E-state index in [1.165, 1.54) is 0 Å². The molecule has 3 unspecified atom stereocenters. The molecular formula is C10H21ClO2Si. The Labute approximate surface area is 92.9 Å². The van der Waals surface area contributed by atoms with Crippen molar-refractivity contribution >= 4 is 18.9 Å². The lowest BCUT2D eigenvalue weighted by Crippen LogP contribution is -2.49. The van der Waals surface area contributed by atoms with Crippen molar-refractivity contribution in [1.29, 1.82) is 0 Å². The molecule has 0 radical (unpaired) electrons. The molecule has 0 aliphatic carbocycles. The van der Waals surface area contributed by atoms with E-state index in [2.05, 4.69) is 20.8 Å². The summed E-state index contributed by atoms with van der Waals surface area (Å²) in [5.74, 6) is 0.542. The first-order chi connectivity index (χ1) is 6.65. The van der Waals surface area contributed by atoms with Crippen LogP contribution >= 0.6 is 11.1 Å². The van der Waals surface area contributed by atoms with Crippen LogP contribution in [0.25, 0.3) is 0 Å². The summed E-state index contributed by atoms with van der Waals surface area (Å²) in [7, 11) is -2.30. The van der Waals surface area contributed by atoms with E-state index in [1.54, 1.807) is 0 Å². The molecule has 0 bridgehead atoms. The predicted molar refractivity (Wildman–Crippen MR) is 61.6 cm³/mol. The third-order valence-corrected chi connectivity index (χ3v) is 6.38. The third kappa shape index (κ3) is 2.96. The van der Waals surface area contributed by atoms with Crippen LogP contribution in [0.1, 0.15) is 40.0 Å². The van der Waals surface area contributed by atoms with Crippen molar-refractivity contribution in [1.82, 2.24) is 0 Å². The van der Waals surface area contributed by atoms with E-state index in [0.29, 0.717) is 12.0 Å². The highest BCUT2D eigenvalue weighted by atomic mass is 35.6. The summed E-state index contributed by atoms with van der Waals surface area (Å²) in [6.07, 6.45) is 3.73. The Morgan fingerprint density at radius 3 is 2.57 bits per heavy atom. The SMILES string of the molecule is CCCC1O[Si](Cl)(CC)OCC1CC. The largest absolute Gasteiger partial charge is 0.443 e. The van der Waals surface area contributed by atoms with Gasteiger partial charge >= 0.3 is 7.87 Å². The number of rotatable bonds is 4. The van der Waals surface area contributed by atoms with E-state index in [0.717, 1.165) is 31.9 Å². The molecule has 1 heterocycles. The molecule has 0 saturated carbocycles. The topological polar surface area (TPSA) is 18.5 Å². The quantitative estimate of drug-likeness (QED) is 0.550. The Kier molecular flexibility index (Phi) is 4.90. The van der Waals surface area contributed by atoms with Crippen molar-refractivity contribution in [3.63, 3.8) is 0 Å². The second kappa shape index (κ2) is 5.49. The second-order valence-electron chi connectivity index (χ2n) is 3.94. The van der Waals surface area contributed by atoms with Crippen molar-refractivity contribution in [3.05, 3.63) is 0 Å². The standard InChI is InChI=1S/C10H21ClO2Si/c1-4-7-10-9(5-2)8-12-14(11,6-3)13-10/h9-10H,4-8H2,1-3H3. The van der Waals surface area contributed by atoms with Crippen LogP contribution in [0.5, 0.6) is 0 Å². The number of hydrogen-bond acceptors (Lipinski definition) is 2. The zero-order valence-electron chi connectivity index (χ0n) is 9.38. The van der Waals surface area contributed by atoms with Gasteiger partial charge in [-0.2, -0.15) is 0 Å². The average Bonchev–Trinajstić information content (AvgIpc) is 2.19. The molecule has 1 aliphatic heterocycles. The summed E-state index contributed by atoms with van der Waals surface area (Å²) >= 11 is 6.31. The average molecular weight is 237 g/mol. The summed E-state index contributed by atoms with van der Waals surface area (Å²) in [6.45, 7) is 7.23. The van der Waals surface area contributed by atoms with Gasteiger partial charge in [-0.25, -0.2) is 0 Å². The molecular weight excluding hydrogens is 216 g/mol. The van der Waals surface area contributed by atoms with Crippen LogP contribution in [0.2, 0.25) is 6.04 Å². The fraction of sp³-hybridized carbons (Fsp3) is 1.00. The Morgan fingerprint density at radius 1 is 1.36 bits per heavy atom. The smallest absolute Gasteiger partial charge is 0.383 e. The van der Waals surface area contributed by atoms with E-state index in [4.69, 9.17) is 19.9 Å². The highest BCUT2D eigenvalue weighted by Crippen LogP contribution is 2.32. The Morgan fingerprint density at radius 2 is 2.07 bits per heavy atom. The lowest BCUT2D eigenvalue weighted by molar-refractivity contribution is 0.000280. The molecule has 1 saturated heterocycles. The second-order valence-corrected chi connectivity index (χ2v) is 8.22. The molecule has 0 aromatic carbocycles. The van der Waals surface area contributed by atoms with Crippen LogP contribution in [0, 0.1) is 5.92 Å². The third-order valence-electron chi connectivity index (χ3n) is 2.89. The Hall–Kier alpha value is 0.427. The van der Waals surface area contributed by atoms with Gasteiger partial charge in [0.05, 0.1) is 6.10 Å². The lowest BCUT2D eigenvalue weighted by Gasteiger charge is -2.39. The molecule has 84 valence electrons. The van der Waals surface area contributed by atoms with Gasteiger partial charge in [-0.3, -0.25) is 0 Å². The minimum Gasteiger partial charge on any atom is -0.383 e. The van der Waals surface area contributed by atoms with Crippen molar-refractivity contribution in [2.24, 2.45) is 5.92 Å². The van der Waals surface area contributed by atoms with Gasteiger partial charge in [0.25, 0.3) is 0 Å². The molecule has 0 spiro atoms. The van der Waals surface area contributed by atoms with Crippen LogP contribution in [-0.2, 0) is 8.85 Å². The first-order valence-corrected chi connectivity index (χ1v) is 8.69. The van der Waals surface area contributed by atoms with Gasteiger partial charge < -0.3 is 8.85 Å². The Bertz CT molecular complexity index is 180. The first-order valence-electron chi connectivity index (χ1n) is 5.65. The fourth-order valence-electron chi connectivity index (χ4n) is 1.84. The minimum atomic E-state index is -2.30. The van der Waals surface area contributed by atoms with Gasteiger partial charge in [-0.1, -0.05) is 38.3 Å². The molecule has 0 amide bonds. The van der Waals surface area contributed by atoms with Crippen LogP contribution < -0.4 is 0 Å². The van der Waals surface area contributed by atoms with Gasteiger partial charge in [0.15, 0.2) is 0 Å². The summed E-state index contributed by atoms with van der Waals surface area (Å²) in [6, 6.07) is 0.838. The van der Waals surface area contributed by atoms with Crippen LogP contribution in [-0.4, -0.2) is 20.6 Å². The predicted octanol–water partition coefficient (Wildman–Crippen LogP) is 3.43. The van der Waals surface area contributed by atoms with E-state index < -0.39 is 7.87 Å². The lowest BCUT2D eigenvalue weighted by atomic mass is 9.97. The zero-order valence-corrected chi connectivity index (χ0v) is 11.1. The summed E-state index contributed by atoms with van der Waals surface area (Å²) in [5, 5.41) is 0. The summed E-state index contributed by atoms with van der Waals surface area (Å²) in [5.41, 5.74) is 0. The minimum absolute atomic E-state index is 0.336. The number of halogens is 1. The van der Waals surface area contributed by atoms with Crippen LogP contribution in [0.4, 0.5) is 0 Å². The van der Waals surface area contributed by atoms with E-state index in [1.807, 2.05) is 0 Å². The van der Waals surface area contributed by atoms with Crippen molar-refractivity contribution < 1.29 is 8.85 Å². The van der Waals surface area contributed by atoms with E-state index in [9.17, 15) is 0 Å². The van der Waals surface area contributed by atoms with Crippen molar-refractivity contribution in [3.8, 4) is 0 Å². The molecule has 0 aromatic heterocycles. The van der Waals surface area contributed by atoms with Gasteiger partial charge in [-0.15, -0.1) is 0 Å². The zero-order chi connectivity index (χ0) is 10.6. The molecule has 0 N–H and O–H groups in total. The number of hydrogen-bond donors (Lipinski definition) is 0. The molecule has 1 rings (SSSR count). The Balaban J connectivity index is 2.56. The molecule has 1 aliphatic rings. The highest BCUT2D eigenvalue weighted by molar-refractivity contribution is 7.13. The molecule has 1 fully saturated rings. The van der Waals surface area contributed by atoms with Crippen LogP contribution in [0.15, 0.2) is 0 Å². The first kappa shape index (κ1) is 12.5. The molecule has 2 nitrogen and oxygen atoms in total. The molecule has 4 heteroatoms. The maximum Gasteiger partial charge on any atom is 0.443 e.